The van der Waals surface area contributed by atoms with Crippen molar-refractivity contribution in [1.82, 2.24) is 5.32 Å². The summed E-state index contributed by atoms with van der Waals surface area (Å²) in [6.07, 6.45) is 5.43. The largest absolute Gasteiger partial charge is 0.355 e. The summed E-state index contributed by atoms with van der Waals surface area (Å²) in [5, 5.41) is 2.98. The Morgan fingerprint density at radius 3 is 2.83 bits per heavy atom. The van der Waals surface area contributed by atoms with E-state index < -0.39 is 0 Å². The lowest BCUT2D eigenvalue weighted by atomic mass is 10.1. The van der Waals surface area contributed by atoms with Crippen molar-refractivity contribution in [3.05, 3.63) is 47.5 Å². The van der Waals surface area contributed by atoms with E-state index in [4.69, 9.17) is 5.73 Å². The van der Waals surface area contributed by atoms with E-state index in [-0.39, 0.29) is 17.9 Å². The second-order valence-corrected chi connectivity index (χ2v) is 4.86. The number of nitrogens with one attached hydrogen (secondary N) is 1. The van der Waals surface area contributed by atoms with E-state index in [0.29, 0.717) is 6.54 Å². The predicted molar refractivity (Wildman–Crippen MR) is 73.1 cm³/mol. The number of benzene rings is 1. The van der Waals surface area contributed by atoms with Crippen LogP contribution in [0.1, 0.15) is 17.5 Å². The molecule has 1 aromatic carbocycles. The van der Waals surface area contributed by atoms with Crippen LogP contribution in [0.25, 0.3) is 0 Å². The van der Waals surface area contributed by atoms with Crippen LogP contribution in [0, 0.1) is 12.8 Å². The Balaban J connectivity index is 1.77. The minimum absolute atomic E-state index is 0.0390. The summed E-state index contributed by atoms with van der Waals surface area (Å²) in [6, 6.07) is 8.30. The summed E-state index contributed by atoms with van der Waals surface area (Å²) < 4.78 is 0. The number of amides is 1. The highest BCUT2D eigenvalue weighted by molar-refractivity contribution is 5.81. The Labute approximate surface area is 108 Å². The molecule has 3 heteroatoms. The SMILES string of the molecule is Cc1ccccc1CCNC(=O)C1C=CC(N)C1. The molecule has 2 atom stereocenters. The lowest BCUT2D eigenvalue weighted by Crippen LogP contribution is -2.32. The molecule has 3 N–H and O–H groups in total. The van der Waals surface area contributed by atoms with Gasteiger partial charge >= 0.3 is 0 Å². The molecule has 0 fully saturated rings. The molecule has 1 amide bonds. The Bertz CT molecular complexity index is 454. The van der Waals surface area contributed by atoms with Gasteiger partial charge in [-0.05, 0) is 30.9 Å². The molecule has 1 aromatic rings. The van der Waals surface area contributed by atoms with Crippen molar-refractivity contribution in [3.63, 3.8) is 0 Å². The Morgan fingerprint density at radius 2 is 2.17 bits per heavy atom. The van der Waals surface area contributed by atoms with Gasteiger partial charge in [0, 0.05) is 12.6 Å². The first kappa shape index (κ1) is 12.8. The third kappa shape index (κ3) is 3.20. The standard InChI is InChI=1S/C15H20N2O/c1-11-4-2-3-5-12(11)8-9-17-15(18)13-6-7-14(16)10-13/h2-7,13-14H,8-10,16H2,1H3,(H,17,18). The highest BCUT2D eigenvalue weighted by Gasteiger charge is 2.21. The van der Waals surface area contributed by atoms with Crippen molar-refractivity contribution in [3.8, 4) is 0 Å². The maximum atomic E-state index is 11.8. The first-order chi connectivity index (χ1) is 8.66. The molecule has 0 saturated carbocycles. The molecule has 1 aliphatic carbocycles. The molecule has 0 aliphatic heterocycles. The average molecular weight is 244 g/mol. The molecule has 0 aromatic heterocycles. The van der Waals surface area contributed by atoms with Crippen LogP contribution < -0.4 is 11.1 Å². The third-order valence-electron chi connectivity index (χ3n) is 3.41. The maximum Gasteiger partial charge on any atom is 0.227 e. The van der Waals surface area contributed by atoms with E-state index in [1.54, 1.807) is 0 Å². The van der Waals surface area contributed by atoms with Crippen LogP contribution in [0.5, 0.6) is 0 Å². The van der Waals surface area contributed by atoms with E-state index in [2.05, 4.69) is 24.4 Å². The summed E-state index contributed by atoms with van der Waals surface area (Å²) in [5.74, 6) is 0.0460. The fourth-order valence-electron chi connectivity index (χ4n) is 2.26. The number of hydrogen-bond acceptors (Lipinski definition) is 2. The molecule has 0 radical (unpaired) electrons. The fraction of sp³-hybridized carbons (Fsp3) is 0.400. The molecular formula is C15H20N2O. The smallest absolute Gasteiger partial charge is 0.227 e. The summed E-state index contributed by atoms with van der Waals surface area (Å²) in [5.41, 5.74) is 8.30. The molecule has 0 bridgehead atoms. The second kappa shape index (κ2) is 5.83. The molecule has 2 unspecified atom stereocenters. The average Bonchev–Trinajstić information content (AvgIpc) is 2.78. The van der Waals surface area contributed by atoms with Crippen LogP contribution in [-0.2, 0) is 11.2 Å². The van der Waals surface area contributed by atoms with E-state index in [1.807, 2.05) is 24.3 Å². The van der Waals surface area contributed by atoms with Gasteiger partial charge in [-0.25, -0.2) is 0 Å². The topological polar surface area (TPSA) is 55.1 Å². The first-order valence-electron chi connectivity index (χ1n) is 6.43. The van der Waals surface area contributed by atoms with Gasteiger partial charge in [-0.2, -0.15) is 0 Å². The van der Waals surface area contributed by atoms with E-state index in [0.717, 1.165) is 12.8 Å². The molecule has 18 heavy (non-hydrogen) atoms. The number of carbonyl (C=O) groups excluding carboxylic acids is 1. The fourth-order valence-corrected chi connectivity index (χ4v) is 2.26. The van der Waals surface area contributed by atoms with Gasteiger partial charge in [-0.3, -0.25) is 4.79 Å². The summed E-state index contributed by atoms with van der Waals surface area (Å²) in [6.45, 7) is 2.78. The summed E-state index contributed by atoms with van der Waals surface area (Å²) >= 11 is 0. The van der Waals surface area contributed by atoms with Crippen molar-refractivity contribution in [1.29, 1.82) is 0 Å². The minimum atomic E-state index is -0.0446. The molecule has 96 valence electrons. The minimum Gasteiger partial charge on any atom is -0.355 e. The van der Waals surface area contributed by atoms with Crippen molar-refractivity contribution < 1.29 is 4.79 Å². The highest BCUT2D eigenvalue weighted by atomic mass is 16.1. The Hall–Kier alpha value is -1.61. The van der Waals surface area contributed by atoms with Gasteiger partial charge in [0.15, 0.2) is 0 Å². The molecule has 1 aliphatic rings. The quantitative estimate of drug-likeness (QED) is 0.790. The number of aryl methyl sites for hydroxylation is 1. The third-order valence-corrected chi connectivity index (χ3v) is 3.41. The molecular weight excluding hydrogens is 224 g/mol. The van der Waals surface area contributed by atoms with Crippen LogP contribution in [0.3, 0.4) is 0 Å². The van der Waals surface area contributed by atoms with Crippen molar-refractivity contribution in [2.75, 3.05) is 6.54 Å². The van der Waals surface area contributed by atoms with Gasteiger partial charge in [0.1, 0.15) is 0 Å². The summed E-state index contributed by atoms with van der Waals surface area (Å²) in [7, 11) is 0. The zero-order valence-corrected chi connectivity index (χ0v) is 10.7. The van der Waals surface area contributed by atoms with Crippen molar-refractivity contribution >= 4 is 5.91 Å². The van der Waals surface area contributed by atoms with Gasteiger partial charge in [-0.15, -0.1) is 0 Å². The van der Waals surface area contributed by atoms with E-state index in [1.165, 1.54) is 11.1 Å². The van der Waals surface area contributed by atoms with Gasteiger partial charge in [0.25, 0.3) is 0 Å². The molecule has 0 saturated heterocycles. The highest BCUT2D eigenvalue weighted by Crippen LogP contribution is 2.16. The zero-order chi connectivity index (χ0) is 13.0. The van der Waals surface area contributed by atoms with E-state index in [9.17, 15) is 4.79 Å². The lowest BCUT2D eigenvalue weighted by molar-refractivity contribution is -0.123. The monoisotopic (exact) mass is 244 g/mol. The van der Waals surface area contributed by atoms with Crippen molar-refractivity contribution in [2.24, 2.45) is 11.7 Å². The molecule has 2 rings (SSSR count). The van der Waals surface area contributed by atoms with Crippen LogP contribution >= 0.6 is 0 Å². The van der Waals surface area contributed by atoms with Gasteiger partial charge in [0.2, 0.25) is 5.91 Å². The Kier molecular flexibility index (Phi) is 4.15. The Morgan fingerprint density at radius 1 is 1.39 bits per heavy atom. The van der Waals surface area contributed by atoms with Crippen molar-refractivity contribution in [2.45, 2.75) is 25.8 Å². The van der Waals surface area contributed by atoms with Crippen LogP contribution in [0.15, 0.2) is 36.4 Å². The predicted octanol–water partition coefficient (Wildman–Crippen LogP) is 1.56. The van der Waals surface area contributed by atoms with Crippen LogP contribution in [0.4, 0.5) is 0 Å². The summed E-state index contributed by atoms with van der Waals surface area (Å²) in [4.78, 5) is 11.8. The van der Waals surface area contributed by atoms with Crippen LogP contribution in [-0.4, -0.2) is 18.5 Å². The lowest BCUT2D eigenvalue weighted by Gasteiger charge is -2.11. The number of carbonyl (C=O) groups is 1. The van der Waals surface area contributed by atoms with E-state index >= 15 is 0 Å². The first-order valence-corrected chi connectivity index (χ1v) is 6.43. The normalized spacial score (nSPS) is 22.1. The molecule has 0 heterocycles. The molecule has 0 spiro atoms. The zero-order valence-electron chi connectivity index (χ0n) is 10.7. The number of rotatable bonds is 4. The number of nitrogens with two attached hydrogens (primary N) is 1. The van der Waals surface area contributed by atoms with Gasteiger partial charge < -0.3 is 11.1 Å². The van der Waals surface area contributed by atoms with Gasteiger partial charge in [0.05, 0.1) is 5.92 Å². The number of hydrogen-bond donors (Lipinski definition) is 2. The van der Waals surface area contributed by atoms with Crippen LogP contribution in [0.2, 0.25) is 0 Å². The second-order valence-electron chi connectivity index (χ2n) is 4.86. The van der Waals surface area contributed by atoms with Gasteiger partial charge in [-0.1, -0.05) is 36.4 Å². The maximum absolute atomic E-state index is 11.8. The molecule has 3 nitrogen and oxygen atoms in total.